The molecule has 12 nitrogen and oxygen atoms in total. The maximum absolute atomic E-state index is 13.5. The molecule has 0 saturated carbocycles. The fraction of sp³-hybridized carbons (Fsp3) is 0.536. The van der Waals surface area contributed by atoms with Crippen molar-refractivity contribution < 1.29 is 19.1 Å². The maximum Gasteiger partial charge on any atom is 0.410 e. The number of carbonyl (C=O) groups is 2. The molecule has 2 atom stereocenters. The van der Waals surface area contributed by atoms with Crippen LogP contribution in [-0.2, 0) is 18.2 Å². The lowest BCUT2D eigenvalue weighted by Crippen LogP contribution is -2.59. The van der Waals surface area contributed by atoms with Crippen LogP contribution in [0.25, 0.3) is 11.0 Å². The van der Waals surface area contributed by atoms with E-state index in [9.17, 15) is 9.59 Å². The number of pyridine rings is 2. The standard InChI is InChI=1S/C28H38N8O4/c1-8-39-25-21(13-19-16-33(7)32-23(19)31-25)30-26(37)35-12-10-20-22(9-11-29-24(20)35)34-14-17(2)36(18(3)15-34)27(38)40-28(4,5)6/h9,11,13,16-18H,8,10,12,14-15H2,1-7H3,(H,30,37)/t17-,18+. The molecular weight excluding hydrogens is 512 g/mol. The van der Waals surface area contributed by atoms with Crippen molar-refractivity contribution >= 4 is 40.4 Å². The van der Waals surface area contributed by atoms with E-state index in [-0.39, 0.29) is 24.2 Å². The Labute approximate surface area is 234 Å². The quantitative estimate of drug-likeness (QED) is 0.514. The van der Waals surface area contributed by atoms with E-state index in [0.717, 1.165) is 16.6 Å². The second-order valence-electron chi connectivity index (χ2n) is 11.4. The number of fused-ring (bicyclic) bond motifs is 2. The number of aryl methyl sites for hydroxylation is 1. The van der Waals surface area contributed by atoms with Gasteiger partial charge in [-0.2, -0.15) is 10.1 Å². The molecule has 5 rings (SSSR count). The minimum absolute atomic E-state index is 0.0462. The number of anilines is 3. The molecule has 5 heterocycles. The number of nitrogens with one attached hydrogen (secondary N) is 1. The topological polar surface area (TPSA) is 118 Å². The van der Waals surface area contributed by atoms with Gasteiger partial charge in [0.25, 0.3) is 0 Å². The highest BCUT2D eigenvalue weighted by Crippen LogP contribution is 2.36. The van der Waals surface area contributed by atoms with E-state index in [1.165, 1.54) is 0 Å². The largest absolute Gasteiger partial charge is 0.476 e. The molecule has 0 unspecified atom stereocenters. The predicted octanol–water partition coefficient (Wildman–Crippen LogP) is 4.19. The Morgan fingerprint density at radius 1 is 1.18 bits per heavy atom. The van der Waals surface area contributed by atoms with Crippen LogP contribution in [0.5, 0.6) is 5.88 Å². The second kappa shape index (κ2) is 10.5. The summed E-state index contributed by atoms with van der Waals surface area (Å²) in [6.45, 7) is 13.8. The van der Waals surface area contributed by atoms with Crippen molar-refractivity contribution in [3.05, 3.63) is 30.1 Å². The molecule has 0 radical (unpaired) electrons. The summed E-state index contributed by atoms with van der Waals surface area (Å²) in [6.07, 6.45) is 3.97. The van der Waals surface area contributed by atoms with Gasteiger partial charge in [0.05, 0.1) is 18.7 Å². The molecule has 1 fully saturated rings. The Bertz CT molecular complexity index is 1420. The van der Waals surface area contributed by atoms with Gasteiger partial charge >= 0.3 is 12.1 Å². The normalized spacial score (nSPS) is 19.1. The Hall–Kier alpha value is -4.09. The van der Waals surface area contributed by atoms with E-state index in [0.29, 0.717) is 55.7 Å². The highest BCUT2D eigenvalue weighted by atomic mass is 16.6. The zero-order valence-corrected chi connectivity index (χ0v) is 24.3. The molecule has 0 aromatic carbocycles. The number of urea groups is 1. The average molecular weight is 551 g/mol. The molecule has 2 aliphatic rings. The summed E-state index contributed by atoms with van der Waals surface area (Å²) in [4.78, 5) is 41.2. The summed E-state index contributed by atoms with van der Waals surface area (Å²) in [7, 11) is 1.82. The minimum atomic E-state index is -0.549. The number of rotatable bonds is 4. The van der Waals surface area contributed by atoms with E-state index in [4.69, 9.17) is 9.47 Å². The number of hydrogen-bond acceptors (Lipinski definition) is 8. The second-order valence-corrected chi connectivity index (χ2v) is 11.4. The third kappa shape index (κ3) is 5.34. The first-order chi connectivity index (χ1) is 18.9. The van der Waals surface area contributed by atoms with Gasteiger partial charge in [-0.15, -0.1) is 0 Å². The fourth-order valence-corrected chi connectivity index (χ4v) is 5.54. The molecule has 0 aliphatic carbocycles. The van der Waals surface area contributed by atoms with Crippen LogP contribution in [0.3, 0.4) is 0 Å². The van der Waals surface area contributed by atoms with Gasteiger partial charge < -0.3 is 19.7 Å². The van der Waals surface area contributed by atoms with Gasteiger partial charge in [0.2, 0.25) is 5.88 Å². The number of carbonyl (C=O) groups excluding carboxylic acids is 2. The summed E-state index contributed by atoms with van der Waals surface area (Å²) < 4.78 is 13.0. The summed E-state index contributed by atoms with van der Waals surface area (Å²) in [5.74, 6) is 0.965. The Morgan fingerprint density at radius 3 is 2.58 bits per heavy atom. The minimum Gasteiger partial charge on any atom is -0.476 e. The molecule has 12 heteroatoms. The van der Waals surface area contributed by atoms with Crippen molar-refractivity contribution in [2.75, 3.05) is 41.4 Å². The number of aromatic nitrogens is 4. The van der Waals surface area contributed by atoms with Gasteiger partial charge in [-0.25, -0.2) is 14.6 Å². The molecule has 1 N–H and O–H groups in total. The molecular formula is C28H38N8O4. The van der Waals surface area contributed by atoms with Gasteiger partial charge in [-0.1, -0.05) is 0 Å². The van der Waals surface area contributed by atoms with Gasteiger partial charge in [0, 0.05) is 55.7 Å². The zero-order valence-electron chi connectivity index (χ0n) is 24.3. The maximum atomic E-state index is 13.5. The Balaban J connectivity index is 1.35. The number of nitrogens with zero attached hydrogens (tertiary/aromatic N) is 7. The van der Waals surface area contributed by atoms with Gasteiger partial charge in [0.15, 0.2) is 5.65 Å². The first-order valence-corrected chi connectivity index (χ1v) is 13.7. The molecule has 214 valence electrons. The number of hydrogen-bond donors (Lipinski definition) is 1. The van der Waals surface area contributed by atoms with Crippen molar-refractivity contribution in [2.24, 2.45) is 7.05 Å². The summed E-state index contributed by atoms with van der Waals surface area (Å²) in [5.41, 5.74) is 2.55. The monoisotopic (exact) mass is 550 g/mol. The number of amides is 3. The summed E-state index contributed by atoms with van der Waals surface area (Å²) in [5, 5.41) is 8.12. The lowest BCUT2D eigenvalue weighted by Gasteiger charge is -2.45. The molecule has 2 aliphatic heterocycles. The number of piperazine rings is 1. The van der Waals surface area contributed by atoms with Crippen LogP contribution in [0.15, 0.2) is 24.5 Å². The van der Waals surface area contributed by atoms with Crippen molar-refractivity contribution in [1.29, 1.82) is 0 Å². The molecule has 1 saturated heterocycles. The first kappa shape index (κ1) is 27.5. The van der Waals surface area contributed by atoms with E-state index < -0.39 is 5.60 Å². The third-order valence-electron chi connectivity index (χ3n) is 7.06. The third-order valence-corrected chi connectivity index (χ3v) is 7.06. The smallest absolute Gasteiger partial charge is 0.410 e. The molecule has 3 aromatic heterocycles. The van der Waals surface area contributed by atoms with Crippen molar-refractivity contribution in [3.8, 4) is 5.88 Å². The van der Waals surface area contributed by atoms with Gasteiger partial charge in [-0.05, 0) is 60.1 Å². The van der Waals surface area contributed by atoms with Crippen LogP contribution in [0.4, 0.5) is 26.8 Å². The Morgan fingerprint density at radius 2 is 1.90 bits per heavy atom. The molecule has 0 bridgehead atoms. The van der Waals surface area contributed by atoms with Crippen LogP contribution < -0.4 is 19.9 Å². The molecule has 0 spiro atoms. The highest BCUT2D eigenvalue weighted by molar-refractivity contribution is 6.04. The van der Waals surface area contributed by atoms with Gasteiger partial charge in [0.1, 0.15) is 17.1 Å². The molecule has 3 amide bonds. The van der Waals surface area contributed by atoms with Crippen LogP contribution in [-0.4, -0.2) is 80.7 Å². The van der Waals surface area contributed by atoms with Crippen LogP contribution in [0.2, 0.25) is 0 Å². The summed E-state index contributed by atoms with van der Waals surface area (Å²) >= 11 is 0. The van der Waals surface area contributed by atoms with Crippen LogP contribution in [0.1, 0.15) is 47.1 Å². The highest BCUT2D eigenvalue weighted by Gasteiger charge is 2.38. The zero-order chi connectivity index (χ0) is 28.8. The van der Waals surface area contributed by atoms with E-state index in [1.807, 2.05) is 71.8 Å². The van der Waals surface area contributed by atoms with E-state index >= 15 is 0 Å². The van der Waals surface area contributed by atoms with Crippen molar-refractivity contribution in [2.45, 2.75) is 65.6 Å². The van der Waals surface area contributed by atoms with Crippen LogP contribution >= 0.6 is 0 Å². The summed E-state index contributed by atoms with van der Waals surface area (Å²) in [6, 6.07) is 3.43. The van der Waals surface area contributed by atoms with Crippen LogP contribution in [0, 0.1) is 0 Å². The fourth-order valence-electron chi connectivity index (χ4n) is 5.54. The lowest BCUT2D eigenvalue weighted by atomic mass is 10.1. The number of ether oxygens (including phenoxy) is 2. The predicted molar refractivity (Wildman–Crippen MR) is 153 cm³/mol. The van der Waals surface area contributed by atoms with Crippen molar-refractivity contribution in [1.82, 2.24) is 24.6 Å². The van der Waals surface area contributed by atoms with Crippen molar-refractivity contribution in [3.63, 3.8) is 0 Å². The molecule has 40 heavy (non-hydrogen) atoms. The van der Waals surface area contributed by atoms with Gasteiger partial charge in [-0.3, -0.25) is 14.5 Å². The molecule has 3 aromatic rings. The Kier molecular flexibility index (Phi) is 7.19. The lowest BCUT2D eigenvalue weighted by molar-refractivity contribution is 0.00565. The van der Waals surface area contributed by atoms with E-state index in [1.54, 1.807) is 15.8 Å². The van der Waals surface area contributed by atoms with E-state index in [2.05, 4.69) is 25.3 Å². The average Bonchev–Trinajstić information content (AvgIpc) is 3.45. The first-order valence-electron chi connectivity index (χ1n) is 13.7. The SMILES string of the molecule is CCOc1nc2nn(C)cc2cc1NC(=O)N1CCc2c(N3C[C@@H](C)N(C(=O)OC(C)(C)C)[C@@H](C)C3)ccnc21.